The molecule has 1 rings (SSSR count). The van der Waals surface area contributed by atoms with E-state index in [-0.39, 0.29) is 5.41 Å². The van der Waals surface area contributed by atoms with Gasteiger partial charge in [-0.1, -0.05) is 20.8 Å². The number of aryl methyl sites for hydroxylation is 1. The second kappa shape index (κ2) is 5.60. The number of nitrogens with two attached hydrogens (primary N) is 1. The highest BCUT2D eigenvalue weighted by Gasteiger charge is 2.26. The molecule has 0 aliphatic rings. The van der Waals surface area contributed by atoms with E-state index in [1.54, 1.807) is 0 Å². The summed E-state index contributed by atoms with van der Waals surface area (Å²) in [5, 5.41) is 10.1. The first-order valence-corrected chi connectivity index (χ1v) is 6.61. The van der Waals surface area contributed by atoms with Crippen molar-refractivity contribution in [2.75, 3.05) is 6.54 Å². The molecule has 0 saturated heterocycles. The zero-order chi connectivity index (χ0) is 13.1. The van der Waals surface area contributed by atoms with Crippen molar-refractivity contribution in [1.29, 1.82) is 0 Å². The van der Waals surface area contributed by atoms with Crippen LogP contribution in [0.2, 0.25) is 0 Å². The lowest BCUT2D eigenvalue weighted by Crippen LogP contribution is -2.16. The van der Waals surface area contributed by atoms with Crippen LogP contribution >= 0.6 is 11.3 Å². The quantitative estimate of drug-likeness (QED) is 0.793. The number of rotatable bonds is 5. The van der Waals surface area contributed by atoms with Gasteiger partial charge in [-0.25, -0.2) is 9.78 Å². The van der Waals surface area contributed by atoms with Gasteiger partial charge in [0.15, 0.2) is 0 Å². The van der Waals surface area contributed by atoms with Crippen molar-refractivity contribution in [3.63, 3.8) is 0 Å². The molecular weight excluding hydrogens is 236 g/mol. The van der Waals surface area contributed by atoms with Crippen molar-refractivity contribution in [2.45, 2.75) is 45.4 Å². The Morgan fingerprint density at radius 2 is 2.06 bits per heavy atom. The van der Waals surface area contributed by atoms with Crippen LogP contribution in [0.25, 0.3) is 0 Å². The first-order chi connectivity index (χ1) is 7.86. The lowest BCUT2D eigenvalue weighted by atomic mass is 9.91. The zero-order valence-electron chi connectivity index (χ0n) is 10.6. The van der Waals surface area contributed by atoms with Crippen molar-refractivity contribution in [1.82, 2.24) is 4.98 Å². The summed E-state index contributed by atoms with van der Waals surface area (Å²) in [5.41, 5.74) is 5.90. The molecule has 1 heterocycles. The normalized spacial score (nSPS) is 11.8. The van der Waals surface area contributed by atoms with Gasteiger partial charge in [0.05, 0.1) is 10.7 Å². The monoisotopic (exact) mass is 256 g/mol. The van der Waals surface area contributed by atoms with Gasteiger partial charge in [-0.05, 0) is 25.8 Å². The van der Waals surface area contributed by atoms with Crippen LogP contribution in [0.4, 0.5) is 0 Å². The fraction of sp³-hybridized carbons (Fsp3) is 0.667. The van der Waals surface area contributed by atoms with Crippen molar-refractivity contribution < 1.29 is 9.90 Å². The lowest BCUT2D eigenvalue weighted by Gasteiger charge is -2.16. The van der Waals surface area contributed by atoms with Crippen LogP contribution < -0.4 is 5.73 Å². The SMILES string of the molecule is CC(C)(C)c1nc(CCCCN)sc1C(=O)O. The van der Waals surface area contributed by atoms with E-state index in [1.807, 2.05) is 20.8 Å². The Morgan fingerprint density at radius 1 is 1.41 bits per heavy atom. The van der Waals surface area contributed by atoms with Gasteiger partial charge in [0, 0.05) is 5.41 Å². The molecule has 0 atom stereocenters. The first-order valence-electron chi connectivity index (χ1n) is 5.79. The number of hydrogen-bond acceptors (Lipinski definition) is 4. The van der Waals surface area contributed by atoms with Crippen LogP contribution in [-0.4, -0.2) is 22.6 Å². The fourth-order valence-electron chi connectivity index (χ4n) is 1.55. The third-order valence-electron chi connectivity index (χ3n) is 2.42. The molecule has 1 aromatic heterocycles. The van der Waals surface area contributed by atoms with Gasteiger partial charge in [0.2, 0.25) is 0 Å². The predicted molar refractivity (Wildman–Crippen MR) is 69.8 cm³/mol. The van der Waals surface area contributed by atoms with E-state index >= 15 is 0 Å². The molecule has 0 unspecified atom stereocenters. The van der Waals surface area contributed by atoms with Crippen LogP contribution in [0.3, 0.4) is 0 Å². The fourth-order valence-corrected chi connectivity index (χ4v) is 2.70. The summed E-state index contributed by atoms with van der Waals surface area (Å²) in [6.45, 7) is 6.62. The summed E-state index contributed by atoms with van der Waals surface area (Å²) in [6, 6.07) is 0. The van der Waals surface area contributed by atoms with Gasteiger partial charge in [-0.15, -0.1) is 11.3 Å². The standard InChI is InChI=1S/C12H20N2O2S/c1-12(2,3)10-9(11(15)16)17-8(14-10)6-4-5-7-13/h4-7,13H2,1-3H3,(H,15,16). The van der Waals surface area contributed by atoms with Crippen molar-refractivity contribution in [3.05, 3.63) is 15.6 Å². The molecule has 0 saturated carbocycles. The summed E-state index contributed by atoms with van der Waals surface area (Å²) >= 11 is 1.29. The minimum atomic E-state index is -0.877. The average Bonchev–Trinajstić information content (AvgIpc) is 2.62. The highest BCUT2D eigenvalue weighted by Crippen LogP contribution is 2.30. The Labute approximate surface area is 106 Å². The number of aromatic nitrogens is 1. The minimum absolute atomic E-state index is 0.226. The van der Waals surface area contributed by atoms with E-state index in [1.165, 1.54) is 11.3 Å². The molecule has 0 aliphatic carbocycles. The zero-order valence-corrected chi connectivity index (χ0v) is 11.4. The molecule has 17 heavy (non-hydrogen) atoms. The molecule has 96 valence electrons. The number of hydrogen-bond donors (Lipinski definition) is 2. The Balaban J connectivity index is 2.93. The Kier molecular flexibility index (Phi) is 4.65. The van der Waals surface area contributed by atoms with Gasteiger partial charge < -0.3 is 10.8 Å². The lowest BCUT2D eigenvalue weighted by molar-refractivity contribution is 0.0699. The number of nitrogens with zero attached hydrogens (tertiary/aromatic N) is 1. The third-order valence-corrected chi connectivity index (χ3v) is 3.52. The molecule has 0 bridgehead atoms. The summed E-state index contributed by atoms with van der Waals surface area (Å²) in [4.78, 5) is 16.0. The van der Waals surface area contributed by atoms with Gasteiger partial charge in [0.25, 0.3) is 0 Å². The molecule has 0 spiro atoms. The molecule has 5 heteroatoms. The number of carboxylic acid groups (broad SMARTS) is 1. The molecular formula is C12H20N2O2S. The molecule has 1 aromatic rings. The molecule has 0 aromatic carbocycles. The van der Waals surface area contributed by atoms with Crippen LogP contribution in [-0.2, 0) is 11.8 Å². The number of carboxylic acids is 1. The summed E-state index contributed by atoms with van der Waals surface area (Å²) in [6.07, 6.45) is 2.73. The topological polar surface area (TPSA) is 76.2 Å². The molecule has 0 aliphatic heterocycles. The number of aromatic carboxylic acids is 1. The maximum absolute atomic E-state index is 11.2. The van der Waals surface area contributed by atoms with Crippen LogP contribution in [0.15, 0.2) is 0 Å². The van der Waals surface area contributed by atoms with Crippen molar-refractivity contribution in [3.8, 4) is 0 Å². The average molecular weight is 256 g/mol. The minimum Gasteiger partial charge on any atom is -0.477 e. The van der Waals surface area contributed by atoms with Gasteiger partial charge in [0.1, 0.15) is 4.88 Å². The largest absolute Gasteiger partial charge is 0.477 e. The van der Waals surface area contributed by atoms with Gasteiger partial charge >= 0.3 is 5.97 Å². The molecule has 3 N–H and O–H groups in total. The number of carbonyl (C=O) groups is 1. The van der Waals surface area contributed by atoms with Crippen molar-refractivity contribution in [2.24, 2.45) is 5.73 Å². The van der Waals surface area contributed by atoms with Crippen LogP contribution in [0.5, 0.6) is 0 Å². The van der Waals surface area contributed by atoms with Gasteiger partial charge in [-0.3, -0.25) is 0 Å². The number of unbranched alkanes of at least 4 members (excludes halogenated alkanes) is 1. The van der Waals surface area contributed by atoms with E-state index in [9.17, 15) is 4.79 Å². The molecule has 0 fully saturated rings. The number of thiazole rings is 1. The van der Waals surface area contributed by atoms with E-state index in [0.29, 0.717) is 17.1 Å². The van der Waals surface area contributed by atoms with Gasteiger partial charge in [-0.2, -0.15) is 0 Å². The predicted octanol–water partition coefficient (Wildman–Crippen LogP) is 2.42. The van der Waals surface area contributed by atoms with Crippen LogP contribution in [0.1, 0.15) is 54.0 Å². The maximum Gasteiger partial charge on any atom is 0.347 e. The molecule has 0 amide bonds. The second-order valence-corrected chi connectivity index (χ2v) is 6.17. The van der Waals surface area contributed by atoms with E-state index in [0.717, 1.165) is 24.3 Å². The maximum atomic E-state index is 11.2. The second-order valence-electron chi connectivity index (χ2n) is 5.09. The Hall–Kier alpha value is -0.940. The highest BCUT2D eigenvalue weighted by molar-refractivity contribution is 7.13. The Morgan fingerprint density at radius 3 is 2.47 bits per heavy atom. The van der Waals surface area contributed by atoms with Crippen molar-refractivity contribution >= 4 is 17.3 Å². The first kappa shape index (κ1) is 14.1. The third kappa shape index (κ3) is 3.78. The van der Waals surface area contributed by atoms with E-state index in [2.05, 4.69) is 4.98 Å². The summed E-state index contributed by atoms with van der Waals surface area (Å²) in [5.74, 6) is -0.877. The molecule has 0 radical (unpaired) electrons. The summed E-state index contributed by atoms with van der Waals surface area (Å²) < 4.78 is 0. The highest BCUT2D eigenvalue weighted by atomic mass is 32.1. The molecule has 4 nitrogen and oxygen atoms in total. The smallest absolute Gasteiger partial charge is 0.347 e. The van der Waals surface area contributed by atoms with E-state index in [4.69, 9.17) is 10.8 Å². The Bertz CT molecular complexity index is 394. The van der Waals surface area contributed by atoms with E-state index < -0.39 is 5.97 Å². The van der Waals surface area contributed by atoms with Crippen LogP contribution in [0, 0.1) is 0 Å². The summed E-state index contributed by atoms with van der Waals surface area (Å²) in [7, 11) is 0.